The van der Waals surface area contributed by atoms with Gasteiger partial charge in [-0.3, -0.25) is 14.1 Å². The van der Waals surface area contributed by atoms with Gasteiger partial charge in [0.25, 0.3) is 0 Å². The molecule has 0 spiro atoms. The molecular weight excluding hydrogens is 216 g/mol. The Labute approximate surface area is 78.3 Å². The van der Waals surface area contributed by atoms with Gasteiger partial charge in [0, 0.05) is 6.07 Å². The fourth-order valence-corrected chi connectivity index (χ4v) is 0.496. The largest absolute Gasteiger partial charge is 0.394 e. The van der Waals surface area contributed by atoms with Crippen molar-refractivity contribution in [1.29, 1.82) is 0 Å². The highest BCUT2D eigenvalue weighted by Crippen LogP contribution is 1.94. The fourth-order valence-electron chi connectivity index (χ4n) is 0.496. The second kappa shape index (κ2) is 4.55. The summed E-state index contributed by atoms with van der Waals surface area (Å²) in [7, 11) is -4.67. The number of hydrogen-bond acceptors (Lipinski definition) is 6. The van der Waals surface area contributed by atoms with Crippen LogP contribution >= 0.6 is 0 Å². The molecule has 0 unspecified atom stereocenters. The molecule has 80 valence electrons. The van der Waals surface area contributed by atoms with Gasteiger partial charge >= 0.3 is 16.1 Å². The van der Waals surface area contributed by atoms with Crippen LogP contribution in [-0.2, 0) is 10.4 Å². The van der Waals surface area contributed by atoms with Crippen molar-refractivity contribution in [2.24, 2.45) is 0 Å². The summed E-state index contributed by atoms with van der Waals surface area (Å²) in [4.78, 5) is 15.9. The molecule has 0 atom stereocenters. The average Bonchev–Trinajstić information content (AvgIpc) is 1.77. The number of rotatable bonds is 0. The third-order valence-electron chi connectivity index (χ3n) is 0.785. The zero-order valence-corrected chi connectivity index (χ0v) is 7.52. The van der Waals surface area contributed by atoms with E-state index in [2.05, 4.69) is 9.97 Å². The van der Waals surface area contributed by atoms with E-state index >= 15 is 0 Å². The zero-order valence-electron chi connectivity index (χ0n) is 6.71. The van der Waals surface area contributed by atoms with Crippen LogP contribution in [-0.4, -0.2) is 27.5 Å². The molecule has 14 heavy (non-hydrogen) atoms. The third-order valence-corrected chi connectivity index (χ3v) is 0.785. The van der Waals surface area contributed by atoms with E-state index in [1.165, 1.54) is 6.07 Å². The number of nitrogens with zero attached hydrogens (tertiary/aromatic N) is 1. The van der Waals surface area contributed by atoms with Gasteiger partial charge in [-0.2, -0.15) is 13.4 Å². The number of aromatic amines is 1. The van der Waals surface area contributed by atoms with E-state index in [-0.39, 0.29) is 11.6 Å². The standard InChI is InChI=1S/C4H6N4O.H2O4S/c5-2-1-3(6)8-4(9)7-2;1-5(2,3)4/h1H,(H5,5,6,7,8,9);(H2,1,2,3,4). The van der Waals surface area contributed by atoms with Crippen LogP contribution in [0.3, 0.4) is 0 Å². The van der Waals surface area contributed by atoms with Crippen molar-refractivity contribution in [3.8, 4) is 0 Å². The van der Waals surface area contributed by atoms with Gasteiger partial charge in [-0.05, 0) is 0 Å². The Kier molecular flexibility index (Phi) is 4.01. The number of nitrogens with one attached hydrogen (secondary N) is 1. The summed E-state index contributed by atoms with van der Waals surface area (Å²) in [6.07, 6.45) is 0. The summed E-state index contributed by atoms with van der Waals surface area (Å²) in [6, 6.07) is 1.38. The number of anilines is 2. The van der Waals surface area contributed by atoms with Crippen molar-refractivity contribution in [1.82, 2.24) is 9.97 Å². The Morgan fingerprint density at radius 1 is 1.36 bits per heavy atom. The van der Waals surface area contributed by atoms with Crippen molar-refractivity contribution >= 4 is 22.0 Å². The predicted molar refractivity (Wildman–Crippen MR) is 47.9 cm³/mol. The van der Waals surface area contributed by atoms with Gasteiger partial charge in [0.2, 0.25) is 0 Å². The maximum atomic E-state index is 10.4. The van der Waals surface area contributed by atoms with Gasteiger partial charge in [-0.1, -0.05) is 0 Å². The molecule has 1 aromatic rings. The van der Waals surface area contributed by atoms with Crippen LogP contribution in [0.4, 0.5) is 11.6 Å². The maximum absolute atomic E-state index is 10.4. The molecule has 0 amide bonds. The fraction of sp³-hybridized carbons (Fsp3) is 0. The van der Waals surface area contributed by atoms with E-state index < -0.39 is 16.1 Å². The SMILES string of the molecule is Nc1cc(N)[nH]c(=O)n1.O=S(=O)(O)O. The van der Waals surface area contributed by atoms with Crippen molar-refractivity contribution in [2.75, 3.05) is 11.5 Å². The first kappa shape index (κ1) is 12.3. The summed E-state index contributed by atoms with van der Waals surface area (Å²) in [5, 5.41) is 0. The smallest absolute Gasteiger partial charge is 0.385 e. The second-order valence-electron chi connectivity index (χ2n) is 2.01. The number of hydrogen-bond donors (Lipinski definition) is 5. The molecule has 0 aliphatic heterocycles. The van der Waals surface area contributed by atoms with E-state index in [1.54, 1.807) is 0 Å². The molecule has 1 heterocycles. The first-order chi connectivity index (χ1) is 6.18. The number of H-pyrrole nitrogens is 1. The minimum atomic E-state index is -4.67. The van der Waals surface area contributed by atoms with Crippen LogP contribution in [0.25, 0.3) is 0 Å². The van der Waals surface area contributed by atoms with Crippen LogP contribution in [0.1, 0.15) is 0 Å². The summed E-state index contributed by atoms with van der Waals surface area (Å²) in [5.74, 6) is 0.365. The van der Waals surface area contributed by atoms with Gasteiger partial charge in [-0.15, -0.1) is 0 Å². The zero-order chi connectivity index (χ0) is 11.4. The van der Waals surface area contributed by atoms with Crippen LogP contribution in [0.15, 0.2) is 10.9 Å². The molecule has 0 saturated carbocycles. The summed E-state index contributed by atoms with van der Waals surface area (Å²) in [5.41, 5.74) is 9.81. The number of aromatic nitrogens is 2. The maximum Gasteiger partial charge on any atom is 0.394 e. The third kappa shape index (κ3) is 8.45. The number of nitrogen functional groups attached to an aromatic ring is 2. The van der Waals surface area contributed by atoms with Crippen molar-refractivity contribution in [3.63, 3.8) is 0 Å². The molecule has 9 nitrogen and oxygen atoms in total. The first-order valence-corrected chi connectivity index (χ1v) is 4.40. The molecule has 0 aromatic carbocycles. The lowest BCUT2D eigenvalue weighted by Gasteiger charge is -1.90. The van der Waals surface area contributed by atoms with Crippen molar-refractivity contribution < 1.29 is 17.5 Å². The first-order valence-electron chi connectivity index (χ1n) is 3.00. The molecular formula is C4H8N4O5S. The van der Waals surface area contributed by atoms with Gasteiger partial charge < -0.3 is 11.5 Å². The Morgan fingerprint density at radius 2 is 1.79 bits per heavy atom. The van der Waals surface area contributed by atoms with Crippen molar-refractivity contribution in [3.05, 3.63) is 16.6 Å². The molecule has 1 rings (SSSR count). The van der Waals surface area contributed by atoms with E-state index in [4.69, 9.17) is 29.0 Å². The molecule has 0 radical (unpaired) electrons. The molecule has 10 heteroatoms. The monoisotopic (exact) mass is 224 g/mol. The molecule has 0 fully saturated rings. The highest BCUT2D eigenvalue weighted by Gasteiger charge is 1.89. The van der Waals surface area contributed by atoms with Crippen LogP contribution < -0.4 is 17.2 Å². The lowest BCUT2D eigenvalue weighted by Crippen LogP contribution is -2.13. The van der Waals surface area contributed by atoms with E-state index in [1.807, 2.05) is 0 Å². The summed E-state index contributed by atoms with van der Waals surface area (Å²) >= 11 is 0. The van der Waals surface area contributed by atoms with Crippen LogP contribution in [0.5, 0.6) is 0 Å². The van der Waals surface area contributed by atoms with E-state index in [9.17, 15) is 4.79 Å². The van der Waals surface area contributed by atoms with Gasteiger partial charge in [0.15, 0.2) is 0 Å². The Hall–Kier alpha value is -1.65. The number of nitrogens with two attached hydrogens (primary N) is 2. The Bertz CT molecular complexity index is 420. The van der Waals surface area contributed by atoms with Gasteiger partial charge in [-0.25, -0.2) is 4.79 Å². The molecule has 1 aromatic heterocycles. The summed E-state index contributed by atoms with van der Waals surface area (Å²) < 4.78 is 31.6. The predicted octanol–water partition coefficient (Wildman–Crippen LogP) is -1.72. The topological polar surface area (TPSA) is 172 Å². The molecule has 0 aliphatic carbocycles. The molecule has 0 aliphatic rings. The lowest BCUT2D eigenvalue weighted by molar-refractivity contribution is 0.381. The Morgan fingerprint density at radius 3 is 2.07 bits per heavy atom. The van der Waals surface area contributed by atoms with E-state index in [0.717, 1.165) is 0 Å². The normalized spacial score (nSPS) is 10.1. The van der Waals surface area contributed by atoms with Crippen LogP contribution in [0.2, 0.25) is 0 Å². The molecule has 7 N–H and O–H groups in total. The molecule has 0 bridgehead atoms. The van der Waals surface area contributed by atoms with Gasteiger partial charge in [0.05, 0.1) is 0 Å². The average molecular weight is 224 g/mol. The van der Waals surface area contributed by atoms with Gasteiger partial charge in [0.1, 0.15) is 11.6 Å². The summed E-state index contributed by atoms with van der Waals surface area (Å²) in [6.45, 7) is 0. The molecule has 0 saturated heterocycles. The quantitative estimate of drug-likeness (QED) is 0.323. The van der Waals surface area contributed by atoms with E-state index in [0.29, 0.717) is 0 Å². The minimum absolute atomic E-state index is 0.135. The highest BCUT2D eigenvalue weighted by molar-refractivity contribution is 7.79. The van der Waals surface area contributed by atoms with Crippen molar-refractivity contribution in [2.45, 2.75) is 0 Å². The van der Waals surface area contributed by atoms with Crippen LogP contribution in [0, 0.1) is 0 Å². The Balaban J connectivity index is 0.000000292. The highest BCUT2D eigenvalue weighted by atomic mass is 32.3. The minimum Gasteiger partial charge on any atom is -0.385 e. The lowest BCUT2D eigenvalue weighted by atomic mass is 10.5. The second-order valence-corrected chi connectivity index (χ2v) is 2.91.